The maximum Gasteiger partial charge on any atom is 0.306 e. The van der Waals surface area contributed by atoms with Crippen molar-refractivity contribution in [1.82, 2.24) is 0 Å². The standard InChI is InChI=1S/C68H114O6/c1-4-7-10-13-16-19-22-25-28-31-34-37-40-43-46-49-52-55-58-61-67(70)73-64-65(63-72-66(69)60-57-54-51-48-45-42-39-36-33-30-27-24-21-18-15-12-9-6-3)74-68(71)62-59-56-53-50-47-44-41-38-35-32-29-26-23-20-17-14-11-8-5-2/h7,10,16,19,25,28,30,32-37,39,43,46,52,55,65H,4-6,8-9,11-15,17-18,20-24,26-27,29,31,38,40-42,44-45,47-51,53-54,56-64H2,1-3H3/b10-7-,19-16-,28-25-,33-30-,35-32-,37-34-,39-36-,46-43-,55-52-. The van der Waals surface area contributed by atoms with Crippen LogP contribution < -0.4 is 0 Å². The zero-order valence-electron chi connectivity index (χ0n) is 48.3. The largest absolute Gasteiger partial charge is 0.462 e. The molecule has 0 bridgehead atoms. The highest BCUT2D eigenvalue weighted by molar-refractivity contribution is 5.71. The number of hydrogen-bond donors (Lipinski definition) is 0. The van der Waals surface area contributed by atoms with Gasteiger partial charge in [-0.25, -0.2) is 0 Å². The van der Waals surface area contributed by atoms with E-state index in [-0.39, 0.29) is 37.5 Å². The Morgan fingerprint density at radius 1 is 0.297 bits per heavy atom. The first-order valence-corrected chi connectivity index (χ1v) is 30.9. The van der Waals surface area contributed by atoms with Gasteiger partial charge in [-0.2, -0.15) is 0 Å². The Bertz CT molecular complexity index is 1510. The van der Waals surface area contributed by atoms with Gasteiger partial charge in [0.05, 0.1) is 0 Å². The number of unbranched alkanes of at least 4 members (excludes halogenated alkanes) is 27. The summed E-state index contributed by atoms with van der Waals surface area (Å²) in [7, 11) is 0. The number of ether oxygens (including phenoxy) is 3. The predicted octanol–water partition coefficient (Wildman–Crippen LogP) is 21.0. The van der Waals surface area contributed by atoms with Gasteiger partial charge in [-0.1, -0.05) is 265 Å². The molecular weight excluding hydrogens is 913 g/mol. The fourth-order valence-electron chi connectivity index (χ4n) is 8.40. The molecule has 1 unspecified atom stereocenters. The molecule has 0 aromatic rings. The number of allylic oxidation sites excluding steroid dienone is 18. The summed E-state index contributed by atoms with van der Waals surface area (Å²) in [4.78, 5) is 38.2. The van der Waals surface area contributed by atoms with Gasteiger partial charge in [-0.15, -0.1) is 0 Å². The van der Waals surface area contributed by atoms with E-state index in [2.05, 4.69) is 124 Å². The van der Waals surface area contributed by atoms with Crippen molar-refractivity contribution in [3.63, 3.8) is 0 Å². The number of hydrogen-bond acceptors (Lipinski definition) is 6. The van der Waals surface area contributed by atoms with Crippen LogP contribution in [0.5, 0.6) is 0 Å². The van der Waals surface area contributed by atoms with Crippen LogP contribution in [-0.4, -0.2) is 37.2 Å². The van der Waals surface area contributed by atoms with E-state index < -0.39 is 6.10 Å². The van der Waals surface area contributed by atoms with Gasteiger partial charge in [-0.05, 0) is 109 Å². The zero-order chi connectivity index (χ0) is 53.6. The van der Waals surface area contributed by atoms with Crippen molar-refractivity contribution >= 4 is 17.9 Å². The minimum Gasteiger partial charge on any atom is -0.462 e. The Hall–Kier alpha value is -3.93. The van der Waals surface area contributed by atoms with Crippen LogP contribution in [0.1, 0.15) is 284 Å². The van der Waals surface area contributed by atoms with Gasteiger partial charge in [-0.3, -0.25) is 14.4 Å². The van der Waals surface area contributed by atoms with Crippen molar-refractivity contribution < 1.29 is 28.6 Å². The van der Waals surface area contributed by atoms with Crippen LogP contribution in [0.4, 0.5) is 0 Å². The first-order valence-electron chi connectivity index (χ1n) is 30.9. The molecule has 74 heavy (non-hydrogen) atoms. The van der Waals surface area contributed by atoms with Gasteiger partial charge < -0.3 is 14.2 Å². The normalized spacial score (nSPS) is 12.9. The average molecular weight is 1030 g/mol. The van der Waals surface area contributed by atoms with Crippen LogP contribution in [-0.2, 0) is 28.6 Å². The molecule has 0 amide bonds. The van der Waals surface area contributed by atoms with Crippen molar-refractivity contribution in [2.45, 2.75) is 290 Å². The van der Waals surface area contributed by atoms with Crippen LogP contribution in [0.25, 0.3) is 0 Å². The summed E-state index contributed by atoms with van der Waals surface area (Å²) < 4.78 is 16.8. The lowest BCUT2D eigenvalue weighted by Crippen LogP contribution is -2.30. The fraction of sp³-hybridized carbons (Fsp3) is 0.691. The van der Waals surface area contributed by atoms with Crippen LogP contribution in [0, 0.1) is 0 Å². The molecule has 0 rings (SSSR count). The molecule has 0 spiro atoms. The first kappa shape index (κ1) is 70.1. The minimum absolute atomic E-state index is 0.112. The molecule has 6 nitrogen and oxygen atoms in total. The van der Waals surface area contributed by atoms with Crippen LogP contribution >= 0.6 is 0 Å². The summed E-state index contributed by atoms with van der Waals surface area (Å²) in [5, 5.41) is 0. The van der Waals surface area contributed by atoms with Gasteiger partial charge >= 0.3 is 17.9 Å². The molecule has 0 N–H and O–H groups in total. The Morgan fingerprint density at radius 2 is 0.595 bits per heavy atom. The SMILES string of the molecule is CC/C=C\C/C=C\C/C=C\C/C=C\C/C=C\C/C=C\CCC(=O)OCC(COC(=O)CCCCCCC/C=C\C=C/CCCCCCCCC)OC(=O)CCCCCCCCC/C=C\CCCCCCCCCC. The second-order valence-electron chi connectivity index (χ2n) is 20.3. The monoisotopic (exact) mass is 1030 g/mol. The van der Waals surface area contributed by atoms with Crippen molar-refractivity contribution in [1.29, 1.82) is 0 Å². The molecular formula is C68H114O6. The number of carbonyl (C=O) groups is 3. The lowest BCUT2D eigenvalue weighted by molar-refractivity contribution is -0.166. The Kier molecular flexibility index (Phi) is 58.3. The summed E-state index contributed by atoms with van der Waals surface area (Å²) in [5.41, 5.74) is 0. The van der Waals surface area contributed by atoms with E-state index >= 15 is 0 Å². The van der Waals surface area contributed by atoms with Crippen LogP contribution in [0.3, 0.4) is 0 Å². The quantitative estimate of drug-likeness (QED) is 0.0199. The van der Waals surface area contributed by atoms with Crippen molar-refractivity contribution in [3.05, 3.63) is 109 Å². The van der Waals surface area contributed by atoms with E-state index in [1.54, 1.807) is 0 Å². The summed E-state index contributed by atoms with van der Waals surface area (Å²) in [6, 6.07) is 0. The number of carbonyl (C=O) groups excluding carboxylic acids is 3. The molecule has 0 saturated heterocycles. The molecule has 0 aliphatic carbocycles. The highest BCUT2D eigenvalue weighted by Crippen LogP contribution is 2.15. The third-order valence-corrected chi connectivity index (χ3v) is 13.0. The van der Waals surface area contributed by atoms with Crippen molar-refractivity contribution in [2.24, 2.45) is 0 Å². The molecule has 422 valence electrons. The molecule has 0 fully saturated rings. The minimum atomic E-state index is -0.820. The molecule has 6 heteroatoms. The second kappa shape index (κ2) is 61.6. The van der Waals surface area contributed by atoms with Crippen molar-refractivity contribution in [3.8, 4) is 0 Å². The summed E-state index contributed by atoms with van der Waals surface area (Å²) in [6.07, 6.45) is 83.8. The van der Waals surface area contributed by atoms with E-state index in [0.29, 0.717) is 19.3 Å². The Labute approximate surface area is 457 Å². The van der Waals surface area contributed by atoms with E-state index in [0.717, 1.165) is 96.3 Å². The Balaban J connectivity index is 4.53. The van der Waals surface area contributed by atoms with E-state index in [9.17, 15) is 14.4 Å². The van der Waals surface area contributed by atoms with Gasteiger partial charge in [0.1, 0.15) is 13.2 Å². The van der Waals surface area contributed by atoms with Gasteiger partial charge in [0.2, 0.25) is 0 Å². The third kappa shape index (κ3) is 59.0. The molecule has 0 aromatic heterocycles. The van der Waals surface area contributed by atoms with Crippen LogP contribution in [0.2, 0.25) is 0 Å². The maximum atomic E-state index is 12.9. The summed E-state index contributed by atoms with van der Waals surface area (Å²) >= 11 is 0. The summed E-state index contributed by atoms with van der Waals surface area (Å²) in [6.45, 7) is 6.46. The molecule has 0 aromatic carbocycles. The topological polar surface area (TPSA) is 78.9 Å². The van der Waals surface area contributed by atoms with Crippen LogP contribution in [0.15, 0.2) is 109 Å². The summed E-state index contributed by atoms with van der Waals surface area (Å²) in [5.74, 6) is -1.01. The van der Waals surface area contributed by atoms with E-state index in [1.807, 2.05) is 6.08 Å². The number of rotatable bonds is 55. The highest BCUT2D eigenvalue weighted by atomic mass is 16.6. The highest BCUT2D eigenvalue weighted by Gasteiger charge is 2.19. The van der Waals surface area contributed by atoms with Crippen molar-refractivity contribution in [2.75, 3.05) is 13.2 Å². The van der Waals surface area contributed by atoms with Gasteiger partial charge in [0, 0.05) is 19.3 Å². The maximum absolute atomic E-state index is 12.9. The average Bonchev–Trinajstić information content (AvgIpc) is 3.40. The Morgan fingerprint density at radius 3 is 0.986 bits per heavy atom. The zero-order valence-corrected chi connectivity index (χ0v) is 48.3. The molecule has 0 aliphatic rings. The lowest BCUT2D eigenvalue weighted by Gasteiger charge is -2.18. The van der Waals surface area contributed by atoms with Gasteiger partial charge in [0.25, 0.3) is 0 Å². The fourth-order valence-corrected chi connectivity index (χ4v) is 8.40. The molecule has 0 radical (unpaired) electrons. The second-order valence-corrected chi connectivity index (χ2v) is 20.3. The molecule has 0 saturated carbocycles. The van der Waals surface area contributed by atoms with E-state index in [1.165, 1.54) is 141 Å². The lowest BCUT2D eigenvalue weighted by atomic mass is 10.1. The molecule has 0 aliphatic heterocycles. The third-order valence-electron chi connectivity index (χ3n) is 13.0. The first-order chi connectivity index (χ1) is 36.5. The van der Waals surface area contributed by atoms with Gasteiger partial charge in [0.15, 0.2) is 6.10 Å². The predicted molar refractivity (Wildman–Crippen MR) is 320 cm³/mol. The molecule has 1 atom stereocenters. The molecule has 0 heterocycles. The smallest absolute Gasteiger partial charge is 0.306 e. The van der Waals surface area contributed by atoms with E-state index in [4.69, 9.17) is 14.2 Å². The number of esters is 3.